The van der Waals surface area contributed by atoms with Crippen LogP contribution < -0.4 is 0 Å². The molecule has 5 nitrogen and oxygen atoms in total. The fourth-order valence-electron chi connectivity index (χ4n) is 3.05. The van der Waals surface area contributed by atoms with Gasteiger partial charge in [0.15, 0.2) is 0 Å². The Morgan fingerprint density at radius 2 is 2.05 bits per heavy atom. The summed E-state index contributed by atoms with van der Waals surface area (Å²) in [4.78, 5) is 4.68. The number of aryl methyl sites for hydroxylation is 1. The molecule has 0 spiro atoms. The summed E-state index contributed by atoms with van der Waals surface area (Å²) in [5.74, 6) is 2.25. The molecule has 0 saturated carbocycles. The number of nitrogens with zero attached hydrogens (tertiary/aromatic N) is 2. The summed E-state index contributed by atoms with van der Waals surface area (Å²) in [6.07, 6.45) is 5.32. The number of rotatable bonds is 2. The normalized spacial score (nSPS) is 27.1. The smallest absolute Gasteiger partial charge is 0.150 e. The van der Waals surface area contributed by atoms with Crippen molar-refractivity contribution in [1.82, 2.24) is 9.55 Å². The topological polar surface area (TPSA) is 72.2 Å². The Kier molecular flexibility index (Phi) is 3.39. The van der Waals surface area contributed by atoms with E-state index < -0.39 is 9.84 Å². The van der Waals surface area contributed by atoms with Crippen LogP contribution in [0.1, 0.15) is 36.7 Å². The number of hydrogen-bond donors (Lipinski definition) is 1. The second-order valence-corrected chi connectivity index (χ2v) is 8.05. The fourth-order valence-corrected chi connectivity index (χ4v) is 4.54. The minimum Gasteiger partial charge on any atom is -0.396 e. The summed E-state index contributed by atoms with van der Waals surface area (Å²) in [6, 6.07) is 0. The van der Waals surface area contributed by atoms with Crippen LogP contribution in [0.5, 0.6) is 0 Å². The Hall–Kier alpha value is -0.880. The van der Waals surface area contributed by atoms with E-state index in [-0.39, 0.29) is 12.5 Å². The van der Waals surface area contributed by atoms with E-state index >= 15 is 0 Å². The van der Waals surface area contributed by atoms with Crippen molar-refractivity contribution >= 4 is 9.84 Å². The van der Waals surface area contributed by atoms with Gasteiger partial charge in [-0.15, -0.1) is 0 Å². The molecule has 1 unspecified atom stereocenters. The highest BCUT2D eigenvalue weighted by Gasteiger charge is 2.28. The molecule has 1 saturated heterocycles. The van der Waals surface area contributed by atoms with Gasteiger partial charge in [-0.1, -0.05) is 0 Å². The molecule has 6 heteroatoms. The maximum atomic E-state index is 11.5. The summed E-state index contributed by atoms with van der Waals surface area (Å²) >= 11 is 0. The molecule has 1 aromatic heterocycles. The number of fused-ring (bicyclic) bond motifs is 1. The molecule has 106 valence electrons. The van der Waals surface area contributed by atoms with Crippen molar-refractivity contribution < 1.29 is 13.5 Å². The van der Waals surface area contributed by atoms with Crippen molar-refractivity contribution in [3.63, 3.8) is 0 Å². The van der Waals surface area contributed by atoms with E-state index in [0.29, 0.717) is 30.3 Å². The van der Waals surface area contributed by atoms with Gasteiger partial charge in [-0.2, -0.15) is 0 Å². The number of imidazole rings is 1. The van der Waals surface area contributed by atoms with Crippen LogP contribution in [0.15, 0.2) is 6.20 Å². The zero-order valence-corrected chi connectivity index (χ0v) is 11.8. The van der Waals surface area contributed by atoms with Crippen LogP contribution in [-0.4, -0.2) is 41.2 Å². The first-order valence-electron chi connectivity index (χ1n) is 6.94. The molecule has 0 aliphatic carbocycles. The van der Waals surface area contributed by atoms with Gasteiger partial charge < -0.3 is 9.67 Å². The van der Waals surface area contributed by atoms with Gasteiger partial charge in [0.25, 0.3) is 0 Å². The molecule has 0 bridgehead atoms. The predicted molar refractivity (Wildman–Crippen MR) is 71.8 cm³/mol. The molecule has 0 amide bonds. The highest BCUT2D eigenvalue weighted by molar-refractivity contribution is 7.91. The van der Waals surface area contributed by atoms with E-state index in [2.05, 4.69) is 15.7 Å². The molecule has 0 aromatic carbocycles. The molecule has 1 N–H and O–H groups in total. The summed E-state index contributed by atoms with van der Waals surface area (Å²) in [6.45, 7) is 1.14. The number of aliphatic hydroxyl groups is 1. The van der Waals surface area contributed by atoms with E-state index in [4.69, 9.17) is 0 Å². The third kappa shape index (κ3) is 2.69. The third-order valence-corrected chi connectivity index (χ3v) is 6.07. The first-order chi connectivity index (χ1) is 9.07. The largest absolute Gasteiger partial charge is 0.396 e. The highest BCUT2D eigenvalue weighted by atomic mass is 32.2. The van der Waals surface area contributed by atoms with Crippen molar-refractivity contribution in [2.45, 2.75) is 38.1 Å². The SMILES string of the molecule is O=S1(=O)CCC(c2cn3c(n2)CC(CO)CC3)CC1. The van der Waals surface area contributed by atoms with Crippen LogP contribution in [0.3, 0.4) is 0 Å². The molecule has 0 radical (unpaired) electrons. The maximum Gasteiger partial charge on any atom is 0.150 e. The summed E-state index contributed by atoms with van der Waals surface area (Å²) in [5.41, 5.74) is 1.04. The zero-order valence-electron chi connectivity index (χ0n) is 11.0. The average molecular weight is 284 g/mol. The van der Waals surface area contributed by atoms with E-state index in [1.54, 1.807) is 0 Å². The summed E-state index contributed by atoms with van der Waals surface area (Å²) < 4.78 is 25.1. The average Bonchev–Trinajstić information content (AvgIpc) is 2.81. The first-order valence-corrected chi connectivity index (χ1v) is 8.77. The van der Waals surface area contributed by atoms with E-state index in [1.807, 2.05) is 0 Å². The first kappa shape index (κ1) is 13.1. The fraction of sp³-hybridized carbons (Fsp3) is 0.769. The summed E-state index contributed by atoms with van der Waals surface area (Å²) in [5, 5.41) is 9.23. The van der Waals surface area contributed by atoms with E-state index in [9.17, 15) is 13.5 Å². The van der Waals surface area contributed by atoms with E-state index in [1.165, 1.54) is 0 Å². The lowest BCUT2D eigenvalue weighted by atomic mass is 9.99. The third-order valence-electron chi connectivity index (χ3n) is 4.36. The Morgan fingerprint density at radius 3 is 2.74 bits per heavy atom. The highest BCUT2D eigenvalue weighted by Crippen LogP contribution is 2.30. The molecule has 2 aliphatic rings. The van der Waals surface area contributed by atoms with E-state index in [0.717, 1.165) is 30.9 Å². The molecular formula is C13H20N2O3S. The van der Waals surface area contributed by atoms with Gasteiger partial charge in [0.1, 0.15) is 15.7 Å². The number of hydrogen-bond acceptors (Lipinski definition) is 4. The minimum absolute atomic E-state index is 0.226. The Morgan fingerprint density at radius 1 is 1.32 bits per heavy atom. The standard InChI is InChI=1S/C13H20N2O3S/c16-9-10-1-4-15-8-12(14-13(15)7-10)11-2-5-19(17,18)6-3-11/h8,10-11,16H,1-7,9H2. The van der Waals surface area contributed by atoms with Gasteiger partial charge in [-0.25, -0.2) is 13.4 Å². The molecule has 1 fully saturated rings. The predicted octanol–water partition coefficient (Wildman–Crippen LogP) is 0.730. The number of aliphatic hydroxyl groups excluding tert-OH is 1. The minimum atomic E-state index is -2.81. The van der Waals surface area contributed by atoms with Crippen LogP contribution in [0, 0.1) is 5.92 Å². The molecule has 3 heterocycles. The lowest BCUT2D eigenvalue weighted by molar-refractivity contribution is 0.199. The molecule has 1 atom stereocenters. The van der Waals surface area contributed by atoms with Crippen LogP contribution in [0.4, 0.5) is 0 Å². The Labute approximate surface area is 113 Å². The van der Waals surface area contributed by atoms with Crippen molar-refractivity contribution in [1.29, 1.82) is 0 Å². The molecule has 3 rings (SSSR count). The van der Waals surface area contributed by atoms with Crippen molar-refractivity contribution in [2.75, 3.05) is 18.1 Å². The lowest BCUT2D eigenvalue weighted by Crippen LogP contribution is -2.22. The number of sulfone groups is 1. The molecule has 19 heavy (non-hydrogen) atoms. The second-order valence-electron chi connectivity index (χ2n) is 5.74. The number of aromatic nitrogens is 2. The van der Waals surface area contributed by atoms with Gasteiger partial charge >= 0.3 is 0 Å². The quantitative estimate of drug-likeness (QED) is 0.869. The molecule has 1 aromatic rings. The van der Waals surface area contributed by atoms with Gasteiger partial charge in [0.2, 0.25) is 0 Å². The lowest BCUT2D eigenvalue weighted by Gasteiger charge is -2.20. The zero-order chi connectivity index (χ0) is 13.5. The molecular weight excluding hydrogens is 264 g/mol. The second kappa shape index (κ2) is 4.90. The van der Waals surface area contributed by atoms with Crippen LogP contribution in [-0.2, 0) is 22.8 Å². The van der Waals surface area contributed by atoms with Crippen molar-refractivity contribution in [2.24, 2.45) is 5.92 Å². The van der Waals surface area contributed by atoms with Gasteiger partial charge in [0.05, 0.1) is 17.2 Å². The Bertz CT molecular complexity index is 550. The Balaban J connectivity index is 1.75. The monoisotopic (exact) mass is 284 g/mol. The van der Waals surface area contributed by atoms with Crippen LogP contribution in [0.2, 0.25) is 0 Å². The maximum absolute atomic E-state index is 11.5. The van der Waals surface area contributed by atoms with Crippen molar-refractivity contribution in [3.8, 4) is 0 Å². The van der Waals surface area contributed by atoms with Gasteiger partial charge in [-0.05, 0) is 25.2 Å². The van der Waals surface area contributed by atoms with Crippen LogP contribution in [0.25, 0.3) is 0 Å². The molecule has 2 aliphatic heterocycles. The van der Waals surface area contributed by atoms with Gasteiger partial charge in [-0.3, -0.25) is 0 Å². The van der Waals surface area contributed by atoms with Crippen molar-refractivity contribution in [3.05, 3.63) is 17.7 Å². The van der Waals surface area contributed by atoms with Crippen LogP contribution >= 0.6 is 0 Å². The summed E-state index contributed by atoms with van der Waals surface area (Å²) in [7, 11) is -2.81. The van der Waals surface area contributed by atoms with Gasteiger partial charge in [0, 0.05) is 31.7 Å².